The van der Waals surface area contributed by atoms with Gasteiger partial charge < -0.3 is 5.73 Å². The molecule has 96 valence electrons. The number of halogens is 2. The van der Waals surface area contributed by atoms with Crippen LogP contribution in [0.15, 0.2) is 11.8 Å². The lowest BCUT2D eigenvalue weighted by Crippen LogP contribution is -2.07. The van der Waals surface area contributed by atoms with E-state index in [9.17, 15) is 8.78 Å². The van der Waals surface area contributed by atoms with Crippen LogP contribution >= 0.6 is 0 Å². The fraction of sp³-hybridized carbons (Fsp3) is 0.357. The SMILES string of the molecule is C/C(N)=C(/C#N)c1c(C)c(F)cc(F)c1C(C)C. The maximum atomic E-state index is 13.9. The van der Waals surface area contributed by atoms with Crippen LogP contribution in [0.2, 0.25) is 0 Å². The van der Waals surface area contributed by atoms with Gasteiger partial charge in [0.25, 0.3) is 0 Å². The summed E-state index contributed by atoms with van der Waals surface area (Å²) in [6.07, 6.45) is 0. The Kier molecular flexibility index (Phi) is 4.07. The number of hydrogen-bond acceptors (Lipinski definition) is 2. The van der Waals surface area contributed by atoms with Crippen molar-refractivity contribution in [1.29, 1.82) is 5.26 Å². The van der Waals surface area contributed by atoms with Crippen LogP contribution in [-0.4, -0.2) is 0 Å². The topological polar surface area (TPSA) is 49.8 Å². The molecule has 1 aromatic rings. The van der Waals surface area contributed by atoms with Gasteiger partial charge in [0.15, 0.2) is 0 Å². The van der Waals surface area contributed by atoms with Crippen LogP contribution in [0, 0.1) is 29.9 Å². The third kappa shape index (κ3) is 2.35. The molecule has 4 heteroatoms. The number of nitriles is 1. The van der Waals surface area contributed by atoms with Crippen molar-refractivity contribution >= 4 is 5.57 Å². The van der Waals surface area contributed by atoms with E-state index >= 15 is 0 Å². The summed E-state index contributed by atoms with van der Waals surface area (Å²) in [4.78, 5) is 0. The Morgan fingerprint density at radius 1 is 1.33 bits per heavy atom. The molecule has 1 aromatic carbocycles. The average Bonchev–Trinajstić information content (AvgIpc) is 2.24. The largest absolute Gasteiger partial charge is 0.401 e. The molecular weight excluding hydrogens is 234 g/mol. The Labute approximate surface area is 106 Å². The molecule has 0 spiro atoms. The highest BCUT2D eigenvalue weighted by atomic mass is 19.1. The molecule has 0 aliphatic carbocycles. The monoisotopic (exact) mass is 250 g/mol. The van der Waals surface area contributed by atoms with Crippen LogP contribution in [0.4, 0.5) is 8.78 Å². The molecule has 0 bridgehead atoms. The molecule has 0 saturated heterocycles. The Morgan fingerprint density at radius 2 is 1.89 bits per heavy atom. The molecule has 0 aliphatic heterocycles. The number of hydrogen-bond donors (Lipinski definition) is 1. The summed E-state index contributed by atoms with van der Waals surface area (Å²) in [7, 11) is 0. The summed E-state index contributed by atoms with van der Waals surface area (Å²) in [5.41, 5.74) is 6.88. The standard InChI is InChI=1S/C14H16F2N2/c1-7(2)13-12(16)5-11(15)8(3)14(13)10(6-17)9(4)18/h5,7H,18H2,1-4H3/b10-9+. The van der Waals surface area contributed by atoms with Crippen LogP contribution in [0.1, 0.15) is 43.4 Å². The van der Waals surface area contributed by atoms with Crippen LogP contribution in [-0.2, 0) is 0 Å². The van der Waals surface area contributed by atoms with Crippen molar-refractivity contribution in [2.24, 2.45) is 5.73 Å². The number of nitrogens with two attached hydrogens (primary N) is 1. The first-order valence-corrected chi connectivity index (χ1v) is 5.66. The second kappa shape index (κ2) is 5.18. The Morgan fingerprint density at radius 3 is 2.28 bits per heavy atom. The van der Waals surface area contributed by atoms with E-state index in [-0.39, 0.29) is 28.3 Å². The fourth-order valence-electron chi connectivity index (χ4n) is 1.97. The molecule has 0 saturated carbocycles. The summed E-state index contributed by atoms with van der Waals surface area (Å²) < 4.78 is 27.5. The zero-order valence-corrected chi connectivity index (χ0v) is 10.9. The minimum atomic E-state index is -0.666. The van der Waals surface area contributed by atoms with Gasteiger partial charge in [-0.05, 0) is 30.9 Å². The van der Waals surface area contributed by atoms with Crippen molar-refractivity contribution < 1.29 is 8.78 Å². The molecule has 2 N–H and O–H groups in total. The minimum absolute atomic E-state index is 0.134. The lowest BCUT2D eigenvalue weighted by Gasteiger charge is -2.17. The van der Waals surface area contributed by atoms with Gasteiger partial charge in [0.1, 0.15) is 17.7 Å². The highest BCUT2D eigenvalue weighted by Gasteiger charge is 2.21. The molecule has 2 nitrogen and oxygen atoms in total. The molecule has 0 atom stereocenters. The third-order valence-corrected chi connectivity index (χ3v) is 2.85. The van der Waals surface area contributed by atoms with Crippen molar-refractivity contribution in [2.45, 2.75) is 33.6 Å². The first-order chi connectivity index (χ1) is 8.31. The van der Waals surface area contributed by atoms with E-state index < -0.39 is 11.6 Å². The van der Waals surface area contributed by atoms with E-state index in [1.165, 1.54) is 6.92 Å². The minimum Gasteiger partial charge on any atom is -0.401 e. The van der Waals surface area contributed by atoms with E-state index in [0.717, 1.165) is 6.07 Å². The molecule has 0 radical (unpaired) electrons. The number of rotatable bonds is 2. The predicted octanol–water partition coefficient (Wildman–Crippen LogP) is 3.61. The van der Waals surface area contributed by atoms with Gasteiger partial charge in [-0.3, -0.25) is 0 Å². The number of benzene rings is 1. The highest BCUT2D eigenvalue weighted by Crippen LogP contribution is 2.33. The van der Waals surface area contributed by atoms with Crippen LogP contribution in [0.5, 0.6) is 0 Å². The number of allylic oxidation sites excluding steroid dienone is 2. The van der Waals surface area contributed by atoms with Crippen LogP contribution < -0.4 is 5.73 Å². The van der Waals surface area contributed by atoms with E-state index in [2.05, 4.69) is 0 Å². The predicted molar refractivity (Wildman–Crippen MR) is 67.6 cm³/mol. The van der Waals surface area contributed by atoms with Crippen LogP contribution in [0.25, 0.3) is 5.57 Å². The van der Waals surface area contributed by atoms with Crippen molar-refractivity contribution in [1.82, 2.24) is 0 Å². The molecule has 1 rings (SSSR count). The number of nitrogens with zero attached hydrogens (tertiary/aromatic N) is 1. The molecular formula is C14H16F2N2. The van der Waals surface area contributed by atoms with Crippen molar-refractivity contribution in [3.05, 3.63) is 40.1 Å². The fourth-order valence-corrected chi connectivity index (χ4v) is 1.97. The Bertz CT molecular complexity index is 548. The highest BCUT2D eigenvalue weighted by molar-refractivity contribution is 5.82. The second-order valence-electron chi connectivity index (χ2n) is 4.58. The molecule has 0 amide bonds. The van der Waals surface area contributed by atoms with Crippen molar-refractivity contribution in [2.75, 3.05) is 0 Å². The van der Waals surface area contributed by atoms with Gasteiger partial charge in [-0.2, -0.15) is 5.26 Å². The quantitative estimate of drug-likeness (QED) is 0.815. The van der Waals surface area contributed by atoms with E-state index in [0.29, 0.717) is 5.56 Å². The molecule has 18 heavy (non-hydrogen) atoms. The van der Waals surface area contributed by atoms with Gasteiger partial charge in [-0.25, -0.2) is 8.78 Å². The average molecular weight is 250 g/mol. The van der Waals surface area contributed by atoms with Gasteiger partial charge in [0.05, 0.1) is 5.57 Å². The van der Waals surface area contributed by atoms with Crippen molar-refractivity contribution in [3.8, 4) is 6.07 Å². The van der Waals surface area contributed by atoms with Gasteiger partial charge >= 0.3 is 0 Å². The molecule has 0 heterocycles. The van der Waals surface area contributed by atoms with Crippen molar-refractivity contribution in [3.63, 3.8) is 0 Å². The summed E-state index contributed by atoms with van der Waals surface area (Å²) in [6.45, 7) is 6.65. The summed E-state index contributed by atoms with van der Waals surface area (Å²) in [5, 5.41) is 9.13. The Balaban J connectivity index is 3.81. The zero-order valence-electron chi connectivity index (χ0n) is 10.9. The molecule has 0 fully saturated rings. The zero-order chi connectivity index (χ0) is 14.0. The van der Waals surface area contributed by atoms with Gasteiger partial charge in [-0.15, -0.1) is 0 Å². The first kappa shape index (κ1) is 14.2. The lowest BCUT2D eigenvalue weighted by molar-refractivity contribution is 0.558. The third-order valence-electron chi connectivity index (χ3n) is 2.85. The van der Waals surface area contributed by atoms with E-state index in [1.54, 1.807) is 20.8 Å². The molecule has 0 aliphatic rings. The van der Waals surface area contributed by atoms with Gasteiger partial charge in [0.2, 0.25) is 0 Å². The summed E-state index contributed by atoms with van der Waals surface area (Å²) in [5.74, 6) is -1.47. The normalized spacial score (nSPS) is 12.3. The smallest absolute Gasteiger partial charge is 0.130 e. The second-order valence-corrected chi connectivity index (χ2v) is 4.58. The summed E-state index contributed by atoms with van der Waals surface area (Å²) in [6, 6.07) is 2.79. The van der Waals surface area contributed by atoms with E-state index in [1.807, 2.05) is 6.07 Å². The van der Waals surface area contributed by atoms with Gasteiger partial charge in [0, 0.05) is 17.3 Å². The van der Waals surface area contributed by atoms with E-state index in [4.69, 9.17) is 11.0 Å². The molecule has 0 unspecified atom stereocenters. The Hall–Kier alpha value is -1.89. The first-order valence-electron chi connectivity index (χ1n) is 5.66. The maximum absolute atomic E-state index is 13.9. The molecule has 0 aromatic heterocycles. The summed E-state index contributed by atoms with van der Waals surface area (Å²) >= 11 is 0. The maximum Gasteiger partial charge on any atom is 0.130 e. The lowest BCUT2D eigenvalue weighted by atomic mass is 9.88. The van der Waals surface area contributed by atoms with Crippen LogP contribution in [0.3, 0.4) is 0 Å². The van der Waals surface area contributed by atoms with Gasteiger partial charge in [-0.1, -0.05) is 13.8 Å².